The number of alkyl carbamates (subject to hydrolysis) is 1. The minimum Gasteiger partial charge on any atom is -0.444 e. The van der Waals surface area contributed by atoms with E-state index in [0.717, 1.165) is 45.2 Å². The molecule has 1 atom stereocenters. The van der Waals surface area contributed by atoms with Crippen molar-refractivity contribution >= 4 is 6.09 Å². The van der Waals surface area contributed by atoms with Gasteiger partial charge in [-0.15, -0.1) is 0 Å². The molecule has 96 valence electrons. The number of rotatable bonds is 2. The second-order valence-corrected chi connectivity index (χ2v) is 5.39. The van der Waals surface area contributed by atoms with E-state index < -0.39 is 0 Å². The Morgan fingerprint density at radius 1 is 1.35 bits per heavy atom. The largest absolute Gasteiger partial charge is 0.444 e. The summed E-state index contributed by atoms with van der Waals surface area (Å²) in [6, 6.07) is 0.359. The highest BCUT2D eigenvalue weighted by Gasteiger charge is 2.42. The lowest BCUT2D eigenvalue weighted by Gasteiger charge is -2.32. The number of carbonyl (C=O) groups is 1. The highest BCUT2D eigenvalue weighted by molar-refractivity contribution is 5.68. The van der Waals surface area contributed by atoms with Crippen molar-refractivity contribution in [2.24, 2.45) is 0 Å². The summed E-state index contributed by atoms with van der Waals surface area (Å²) in [6.07, 6.45) is 4.75. The lowest BCUT2D eigenvalue weighted by molar-refractivity contribution is -0.0213. The predicted octanol–water partition coefficient (Wildman–Crippen LogP) is 0.786. The van der Waals surface area contributed by atoms with Crippen molar-refractivity contribution in [3.63, 3.8) is 0 Å². The smallest absolute Gasteiger partial charge is 0.407 e. The van der Waals surface area contributed by atoms with Crippen LogP contribution in [0.1, 0.15) is 32.1 Å². The highest BCUT2D eigenvalue weighted by atomic mass is 16.6. The van der Waals surface area contributed by atoms with Crippen molar-refractivity contribution in [1.82, 2.24) is 10.6 Å². The summed E-state index contributed by atoms with van der Waals surface area (Å²) in [6.45, 7) is 2.56. The number of carbonyl (C=O) groups excluding carboxylic acids is 1. The zero-order chi connectivity index (χ0) is 11.7. The molecule has 1 saturated carbocycles. The van der Waals surface area contributed by atoms with Crippen molar-refractivity contribution in [2.45, 2.75) is 49.9 Å². The standard InChI is InChI=1S/C12H20N2O3/c15-11(14-9-1-2-9)17-10-7-12(16-8-10)3-5-13-6-4-12/h9-10,13H,1-8H2,(H,14,15). The third kappa shape index (κ3) is 2.72. The molecule has 1 aliphatic carbocycles. The molecule has 0 aromatic carbocycles. The van der Waals surface area contributed by atoms with Gasteiger partial charge >= 0.3 is 6.09 Å². The first-order chi connectivity index (χ1) is 8.26. The van der Waals surface area contributed by atoms with Crippen LogP contribution in [0.25, 0.3) is 0 Å². The van der Waals surface area contributed by atoms with Gasteiger partial charge in [0.05, 0.1) is 12.2 Å². The Bertz CT molecular complexity index is 298. The molecule has 1 spiro atoms. The summed E-state index contributed by atoms with van der Waals surface area (Å²) in [5, 5.41) is 6.17. The molecule has 2 heterocycles. The Hall–Kier alpha value is -0.810. The maximum absolute atomic E-state index is 11.5. The summed E-state index contributed by atoms with van der Waals surface area (Å²) in [5.41, 5.74) is -0.0320. The van der Waals surface area contributed by atoms with E-state index in [1.807, 2.05) is 0 Å². The lowest BCUT2D eigenvalue weighted by Crippen LogP contribution is -2.41. The Kier molecular flexibility index (Phi) is 2.96. The van der Waals surface area contributed by atoms with Crippen LogP contribution in [0.5, 0.6) is 0 Å². The number of amides is 1. The molecule has 0 radical (unpaired) electrons. The van der Waals surface area contributed by atoms with Gasteiger partial charge < -0.3 is 20.1 Å². The lowest BCUT2D eigenvalue weighted by atomic mass is 9.89. The van der Waals surface area contributed by atoms with Crippen LogP contribution >= 0.6 is 0 Å². The molecular weight excluding hydrogens is 220 g/mol. The molecule has 3 fully saturated rings. The first kappa shape index (κ1) is 11.3. The van der Waals surface area contributed by atoms with Gasteiger partial charge in [0.1, 0.15) is 6.10 Å². The van der Waals surface area contributed by atoms with Crippen molar-refractivity contribution in [3.05, 3.63) is 0 Å². The fourth-order valence-electron chi connectivity index (χ4n) is 2.69. The number of hydrogen-bond donors (Lipinski definition) is 2. The number of piperidine rings is 1. The molecule has 2 saturated heterocycles. The van der Waals surface area contributed by atoms with E-state index in [1.54, 1.807) is 0 Å². The zero-order valence-electron chi connectivity index (χ0n) is 10.0. The van der Waals surface area contributed by atoms with Crippen LogP contribution < -0.4 is 10.6 Å². The van der Waals surface area contributed by atoms with Crippen LogP contribution in [0.15, 0.2) is 0 Å². The molecule has 2 aliphatic heterocycles. The van der Waals surface area contributed by atoms with Crippen molar-refractivity contribution in [1.29, 1.82) is 0 Å². The minimum absolute atomic E-state index is 0.0320. The van der Waals surface area contributed by atoms with Crippen LogP contribution in [0.2, 0.25) is 0 Å². The normalized spacial score (nSPS) is 31.4. The Morgan fingerprint density at radius 3 is 2.82 bits per heavy atom. The quantitative estimate of drug-likeness (QED) is 0.749. The molecule has 0 bridgehead atoms. The van der Waals surface area contributed by atoms with Gasteiger partial charge in [-0.05, 0) is 38.8 Å². The van der Waals surface area contributed by atoms with E-state index in [-0.39, 0.29) is 17.8 Å². The van der Waals surface area contributed by atoms with Crippen LogP contribution in [0.4, 0.5) is 4.79 Å². The van der Waals surface area contributed by atoms with E-state index in [0.29, 0.717) is 12.6 Å². The van der Waals surface area contributed by atoms with Crippen molar-refractivity contribution < 1.29 is 14.3 Å². The first-order valence-electron chi connectivity index (χ1n) is 6.58. The zero-order valence-corrected chi connectivity index (χ0v) is 10.0. The average Bonchev–Trinajstić information content (AvgIpc) is 3.04. The van der Waals surface area contributed by atoms with Crippen LogP contribution in [-0.4, -0.2) is 43.5 Å². The van der Waals surface area contributed by atoms with Crippen LogP contribution in [0.3, 0.4) is 0 Å². The molecule has 5 heteroatoms. The van der Waals surface area contributed by atoms with E-state index in [4.69, 9.17) is 9.47 Å². The van der Waals surface area contributed by atoms with E-state index >= 15 is 0 Å². The van der Waals surface area contributed by atoms with Gasteiger partial charge in [0.2, 0.25) is 0 Å². The molecule has 5 nitrogen and oxygen atoms in total. The van der Waals surface area contributed by atoms with Crippen molar-refractivity contribution in [3.8, 4) is 0 Å². The topological polar surface area (TPSA) is 59.6 Å². The molecular formula is C12H20N2O3. The summed E-state index contributed by atoms with van der Waals surface area (Å²) in [5.74, 6) is 0. The van der Waals surface area contributed by atoms with E-state index in [9.17, 15) is 4.79 Å². The van der Waals surface area contributed by atoms with Gasteiger partial charge in [0, 0.05) is 12.5 Å². The minimum atomic E-state index is -0.271. The second-order valence-electron chi connectivity index (χ2n) is 5.39. The summed E-state index contributed by atoms with van der Waals surface area (Å²) in [7, 11) is 0. The molecule has 0 aromatic heterocycles. The number of hydrogen-bond acceptors (Lipinski definition) is 4. The molecule has 0 aromatic rings. The SMILES string of the molecule is O=C(NC1CC1)OC1COC2(CCNCC2)C1. The maximum atomic E-state index is 11.5. The molecule has 3 rings (SSSR count). The average molecular weight is 240 g/mol. The molecule has 17 heavy (non-hydrogen) atoms. The molecule has 1 amide bonds. The van der Waals surface area contributed by atoms with Gasteiger partial charge in [-0.3, -0.25) is 0 Å². The Labute approximate surface area is 101 Å². The fraction of sp³-hybridized carbons (Fsp3) is 0.917. The summed E-state index contributed by atoms with van der Waals surface area (Å²) < 4.78 is 11.3. The number of nitrogens with one attached hydrogen (secondary N) is 2. The third-order valence-electron chi connectivity index (χ3n) is 3.86. The Morgan fingerprint density at radius 2 is 2.12 bits per heavy atom. The monoisotopic (exact) mass is 240 g/mol. The van der Waals surface area contributed by atoms with Gasteiger partial charge in [-0.25, -0.2) is 4.79 Å². The third-order valence-corrected chi connectivity index (χ3v) is 3.86. The molecule has 2 N–H and O–H groups in total. The second kappa shape index (κ2) is 4.46. The molecule has 1 unspecified atom stereocenters. The van der Waals surface area contributed by atoms with Crippen LogP contribution in [-0.2, 0) is 9.47 Å². The predicted molar refractivity (Wildman–Crippen MR) is 61.8 cm³/mol. The highest BCUT2D eigenvalue weighted by Crippen LogP contribution is 2.35. The number of ether oxygens (including phenoxy) is 2. The molecule has 3 aliphatic rings. The summed E-state index contributed by atoms with van der Waals surface area (Å²) >= 11 is 0. The van der Waals surface area contributed by atoms with Gasteiger partial charge in [0.25, 0.3) is 0 Å². The maximum Gasteiger partial charge on any atom is 0.407 e. The van der Waals surface area contributed by atoms with Crippen LogP contribution in [0, 0.1) is 0 Å². The van der Waals surface area contributed by atoms with Gasteiger partial charge in [-0.1, -0.05) is 0 Å². The van der Waals surface area contributed by atoms with Gasteiger partial charge in [-0.2, -0.15) is 0 Å². The van der Waals surface area contributed by atoms with E-state index in [1.165, 1.54) is 0 Å². The van der Waals surface area contributed by atoms with E-state index in [2.05, 4.69) is 10.6 Å². The van der Waals surface area contributed by atoms with Gasteiger partial charge in [0.15, 0.2) is 0 Å². The van der Waals surface area contributed by atoms with Crippen molar-refractivity contribution in [2.75, 3.05) is 19.7 Å². The summed E-state index contributed by atoms with van der Waals surface area (Å²) in [4.78, 5) is 11.5. The Balaban J connectivity index is 1.47. The first-order valence-corrected chi connectivity index (χ1v) is 6.58. The fourth-order valence-corrected chi connectivity index (χ4v) is 2.69.